The molecule has 0 saturated carbocycles. The van der Waals surface area contributed by atoms with Crippen LogP contribution in [0, 0.1) is 0 Å². The lowest BCUT2D eigenvalue weighted by atomic mass is 10.2. The predicted octanol–water partition coefficient (Wildman–Crippen LogP) is 1.03. The predicted molar refractivity (Wildman–Crippen MR) is 56.7 cm³/mol. The lowest BCUT2D eigenvalue weighted by Gasteiger charge is -2.16. The molecule has 0 aromatic carbocycles. The van der Waals surface area contributed by atoms with E-state index in [1.54, 1.807) is 7.11 Å². The van der Waals surface area contributed by atoms with Gasteiger partial charge in [0.15, 0.2) is 0 Å². The van der Waals surface area contributed by atoms with Crippen molar-refractivity contribution in [1.29, 1.82) is 0 Å². The average molecular weight is 214 g/mol. The molecule has 2 atom stereocenters. The quantitative estimate of drug-likeness (QED) is 0.376. The van der Waals surface area contributed by atoms with Crippen LogP contribution in [0.25, 0.3) is 10.4 Å². The Hall–Kier alpha value is -0.810. The number of azide groups is 1. The average Bonchev–Trinajstić information content (AvgIpc) is 2.62. The van der Waals surface area contributed by atoms with Crippen LogP contribution in [0.4, 0.5) is 0 Å². The molecule has 0 amide bonds. The summed E-state index contributed by atoms with van der Waals surface area (Å²) in [6.07, 6.45) is 0.280. The van der Waals surface area contributed by atoms with Gasteiger partial charge in [-0.3, -0.25) is 4.90 Å². The highest BCUT2D eigenvalue weighted by atomic mass is 16.5. The highest BCUT2D eigenvalue weighted by Crippen LogP contribution is 2.15. The van der Waals surface area contributed by atoms with Crippen LogP contribution in [0.1, 0.15) is 6.92 Å². The standard InChI is InChI=1S/C9H18N4O2/c1-3-15-9-7-13(5-4-11-12-10)6-8(9)14-2/h8-9H,3-7H2,1-2H3. The molecule has 0 N–H and O–H groups in total. The van der Waals surface area contributed by atoms with E-state index in [0.29, 0.717) is 13.2 Å². The molecular formula is C9H18N4O2. The number of likely N-dealkylation sites (tertiary alicyclic amines) is 1. The molecule has 1 rings (SSSR count). The van der Waals surface area contributed by atoms with E-state index in [-0.39, 0.29) is 12.2 Å². The molecule has 1 saturated heterocycles. The van der Waals surface area contributed by atoms with Gasteiger partial charge < -0.3 is 9.47 Å². The molecule has 15 heavy (non-hydrogen) atoms. The zero-order valence-electron chi connectivity index (χ0n) is 9.30. The summed E-state index contributed by atoms with van der Waals surface area (Å²) >= 11 is 0. The maximum atomic E-state index is 8.16. The van der Waals surface area contributed by atoms with Gasteiger partial charge in [0.05, 0.1) is 12.2 Å². The van der Waals surface area contributed by atoms with Crippen molar-refractivity contribution in [2.45, 2.75) is 19.1 Å². The van der Waals surface area contributed by atoms with Gasteiger partial charge in [0.2, 0.25) is 0 Å². The first-order valence-electron chi connectivity index (χ1n) is 5.19. The van der Waals surface area contributed by atoms with Crippen LogP contribution in [-0.2, 0) is 9.47 Å². The molecule has 1 aliphatic heterocycles. The van der Waals surface area contributed by atoms with Crippen molar-refractivity contribution < 1.29 is 9.47 Å². The maximum Gasteiger partial charge on any atom is 0.0975 e. The summed E-state index contributed by atoms with van der Waals surface area (Å²) in [5, 5.41) is 3.51. The Morgan fingerprint density at radius 1 is 1.47 bits per heavy atom. The van der Waals surface area contributed by atoms with Gasteiger partial charge in [0.1, 0.15) is 0 Å². The summed E-state index contributed by atoms with van der Waals surface area (Å²) in [5.74, 6) is 0. The molecule has 1 heterocycles. The Bertz CT molecular complexity index is 230. The van der Waals surface area contributed by atoms with E-state index >= 15 is 0 Å². The minimum Gasteiger partial charge on any atom is -0.377 e. The van der Waals surface area contributed by atoms with E-state index in [4.69, 9.17) is 15.0 Å². The summed E-state index contributed by atoms with van der Waals surface area (Å²) in [6, 6.07) is 0. The second-order valence-corrected chi connectivity index (χ2v) is 3.48. The van der Waals surface area contributed by atoms with Crippen molar-refractivity contribution in [3.05, 3.63) is 10.4 Å². The number of ether oxygens (including phenoxy) is 2. The number of hydrogen-bond acceptors (Lipinski definition) is 4. The van der Waals surface area contributed by atoms with Crippen molar-refractivity contribution in [2.75, 3.05) is 39.9 Å². The summed E-state index contributed by atoms with van der Waals surface area (Å²) in [5.41, 5.74) is 8.16. The molecule has 1 fully saturated rings. The topological polar surface area (TPSA) is 70.5 Å². The minimum absolute atomic E-state index is 0.135. The normalized spacial score (nSPS) is 26.5. The Morgan fingerprint density at radius 2 is 2.20 bits per heavy atom. The summed E-state index contributed by atoms with van der Waals surface area (Å²) in [6.45, 7) is 5.67. The molecule has 0 bridgehead atoms. The summed E-state index contributed by atoms with van der Waals surface area (Å²) < 4.78 is 10.9. The zero-order valence-corrected chi connectivity index (χ0v) is 9.30. The highest BCUT2D eigenvalue weighted by Gasteiger charge is 2.32. The molecule has 0 radical (unpaired) electrons. The molecule has 0 spiro atoms. The van der Waals surface area contributed by atoms with E-state index < -0.39 is 0 Å². The molecular weight excluding hydrogens is 196 g/mol. The number of methoxy groups -OCH3 is 1. The van der Waals surface area contributed by atoms with Gasteiger partial charge in [-0.1, -0.05) is 5.11 Å². The van der Waals surface area contributed by atoms with Crippen LogP contribution in [0.2, 0.25) is 0 Å². The Balaban J connectivity index is 2.34. The molecule has 86 valence electrons. The fourth-order valence-electron chi connectivity index (χ4n) is 1.83. The van der Waals surface area contributed by atoms with Gasteiger partial charge in [-0.25, -0.2) is 0 Å². The summed E-state index contributed by atoms with van der Waals surface area (Å²) in [4.78, 5) is 4.92. The van der Waals surface area contributed by atoms with Crippen LogP contribution >= 0.6 is 0 Å². The Labute approximate surface area is 89.8 Å². The molecule has 6 heteroatoms. The first kappa shape index (κ1) is 12.3. The van der Waals surface area contributed by atoms with Crippen molar-refractivity contribution in [2.24, 2.45) is 5.11 Å². The van der Waals surface area contributed by atoms with E-state index in [0.717, 1.165) is 19.6 Å². The lowest BCUT2D eigenvalue weighted by molar-refractivity contribution is -0.0233. The summed E-state index contributed by atoms with van der Waals surface area (Å²) in [7, 11) is 1.70. The Kier molecular flexibility index (Phi) is 5.42. The van der Waals surface area contributed by atoms with Gasteiger partial charge >= 0.3 is 0 Å². The molecule has 0 aromatic heterocycles. The van der Waals surface area contributed by atoms with E-state index in [9.17, 15) is 0 Å². The van der Waals surface area contributed by atoms with Crippen LogP contribution in [0.3, 0.4) is 0 Å². The maximum absolute atomic E-state index is 8.16. The number of rotatable bonds is 6. The smallest absolute Gasteiger partial charge is 0.0975 e. The highest BCUT2D eigenvalue weighted by molar-refractivity contribution is 4.86. The van der Waals surface area contributed by atoms with Crippen LogP contribution in [0.5, 0.6) is 0 Å². The SMILES string of the molecule is CCOC1CN(CCN=[N+]=[N-])CC1OC. The van der Waals surface area contributed by atoms with Crippen LogP contribution in [-0.4, -0.2) is 57.0 Å². The fourth-order valence-corrected chi connectivity index (χ4v) is 1.83. The van der Waals surface area contributed by atoms with Gasteiger partial charge in [0, 0.05) is 44.8 Å². The second kappa shape index (κ2) is 6.63. The van der Waals surface area contributed by atoms with Crippen LogP contribution < -0.4 is 0 Å². The first-order valence-corrected chi connectivity index (χ1v) is 5.19. The third-order valence-electron chi connectivity index (χ3n) is 2.55. The lowest BCUT2D eigenvalue weighted by Crippen LogP contribution is -2.28. The molecule has 1 aliphatic rings. The first-order chi connectivity index (χ1) is 7.31. The van der Waals surface area contributed by atoms with Crippen LogP contribution in [0.15, 0.2) is 5.11 Å². The van der Waals surface area contributed by atoms with Gasteiger partial charge in [0.25, 0.3) is 0 Å². The Morgan fingerprint density at radius 3 is 2.80 bits per heavy atom. The van der Waals surface area contributed by atoms with Crippen molar-refractivity contribution in [1.82, 2.24) is 4.90 Å². The van der Waals surface area contributed by atoms with E-state index in [1.807, 2.05) is 6.92 Å². The minimum atomic E-state index is 0.135. The van der Waals surface area contributed by atoms with E-state index in [2.05, 4.69) is 14.9 Å². The number of nitrogens with zero attached hydrogens (tertiary/aromatic N) is 4. The van der Waals surface area contributed by atoms with Crippen molar-refractivity contribution in [3.8, 4) is 0 Å². The third-order valence-corrected chi connectivity index (χ3v) is 2.55. The molecule has 0 aromatic rings. The largest absolute Gasteiger partial charge is 0.377 e. The molecule has 2 unspecified atom stereocenters. The van der Waals surface area contributed by atoms with Gasteiger partial charge in [-0.15, -0.1) is 0 Å². The van der Waals surface area contributed by atoms with Crippen molar-refractivity contribution in [3.63, 3.8) is 0 Å². The van der Waals surface area contributed by atoms with Crippen molar-refractivity contribution >= 4 is 0 Å². The van der Waals surface area contributed by atoms with Gasteiger partial charge in [-0.05, 0) is 12.5 Å². The number of hydrogen-bond donors (Lipinski definition) is 0. The molecule has 0 aliphatic carbocycles. The fraction of sp³-hybridized carbons (Fsp3) is 1.00. The zero-order chi connectivity index (χ0) is 11.1. The van der Waals surface area contributed by atoms with E-state index in [1.165, 1.54) is 0 Å². The third kappa shape index (κ3) is 3.68. The monoisotopic (exact) mass is 214 g/mol. The molecule has 6 nitrogen and oxygen atoms in total. The van der Waals surface area contributed by atoms with Gasteiger partial charge in [-0.2, -0.15) is 0 Å². The second-order valence-electron chi connectivity index (χ2n) is 3.48.